The summed E-state index contributed by atoms with van der Waals surface area (Å²) in [6, 6.07) is 3.73. The Balaban J connectivity index is 3.41. The van der Waals surface area contributed by atoms with Gasteiger partial charge in [0, 0.05) is 11.1 Å². The summed E-state index contributed by atoms with van der Waals surface area (Å²) < 4.78 is 31.6. The van der Waals surface area contributed by atoms with Crippen molar-refractivity contribution in [1.82, 2.24) is 5.32 Å². The summed E-state index contributed by atoms with van der Waals surface area (Å²) in [4.78, 5) is 13.0. The third-order valence-corrected chi connectivity index (χ3v) is 5.85. The SMILES string of the molecule is CCC(C(=O)NC(C(C)C)C(C)C)N(c1cc(Cl)ccc1OC)S(C)(=O)=O. The highest BCUT2D eigenvalue weighted by Crippen LogP contribution is 2.35. The zero-order valence-corrected chi connectivity index (χ0v) is 18.7. The van der Waals surface area contributed by atoms with Crippen LogP contribution in [0.5, 0.6) is 5.75 Å². The molecule has 1 rings (SSSR count). The maximum atomic E-state index is 13.0. The van der Waals surface area contributed by atoms with Gasteiger partial charge in [-0.25, -0.2) is 8.42 Å². The largest absolute Gasteiger partial charge is 0.495 e. The third-order valence-electron chi connectivity index (χ3n) is 4.45. The van der Waals surface area contributed by atoms with Crippen LogP contribution in [0.15, 0.2) is 18.2 Å². The third kappa shape index (κ3) is 6.01. The molecule has 0 saturated heterocycles. The Hall–Kier alpha value is -1.47. The predicted molar refractivity (Wildman–Crippen MR) is 111 cm³/mol. The van der Waals surface area contributed by atoms with E-state index in [1.54, 1.807) is 19.1 Å². The highest BCUT2D eigenvalue weighted by Gasteiger charge is 2.35. The number of carbonyl (C=O) groups is 1. The molecule has 1 unspecified atom stereocenters. The van der Waals surface area contributed by atoms with Gasteiger partial charge >= 0.3 is 0 Å². The number of nitrogens with zero attached hydrogens (tertiary/aromatic N) is 1. The molecule has 0 saturated carbocycles. The van der Waals surface area contributed by atoms with Gasteiger partial charge in [0.15, 0.2) is 0 Å². The first-order valence-electron chi connectivity index (χ1n) is 9.07. The van der Waals surface area contributed by atoms with Crippen molar-refractivity contribution in [3.8, 4) is 5.75 Å². The molecule has 154 valence electrons. The van der Waals surface area contributed by atoms with Crippen LogP contribution >= 0.6 is 11.6 Å². The molecule has 1 N–H and O–H groups in total. The Labute approximate surface area is 168 Å². The fourth-order valence-electron chi connectivity index (χ4n) is 3.23. The topological polar surface area (TPSA) is 75.7 Å². The molecule has 8 heteroatoms. The molecule has 0 radical (unpaired) electrons. The van der Waals surface area contributed by atoms with Crippen LogP contribution in [0.3, 0.4) is 0 Å². The fraction of sp³-hybridized carbons (Fsp3) is 0.632. The van der Waals surface area contributed by atoms with Gasteiger partial charge in [-0.3, -0.25) is 9.10 Å². The highest BCUT2D eigenvalue weighted by molar-refractivity contribution is 7.92. The van der Waals surface area contributed by atoms with E-state index in [-0.39, 0.29) is 29.5 Å². The fourth-order valence-corrected chi connectivity index (χ4v) is 4.61. The van der Waals surface area contributed by atoms with Crippen molar-refractivity contribution in [2.45, 2.75) is 53.1 Å². The molecule has 0 fully saturated rings. The van der Waals surface area contributed by atoms with Crippen molar-refractivity contribution in [2.75, 3.05) is 17.7 Å². The first-order chi connectivity index (χ1) is 12.4. The van der Waals surface area contributed by atoms with Crippen molar-refractivity contribution in [1.29, 1.82) is 0 Å². The number of hydrogen-bond donors (Lipinski definition) is 1. The molecule has 0 heterocycles. The molecule has 0 spiro atoms. The summed E-state index contributed by atoms with van der Waals surface area (Å²) in [7, 11) is -2.32. The van der Waals surface area contributed by atoms with Crippen LogP contribution in [0.25, 0.3) is 0 Å². The van der Waals surface area contributed by atoms with Gasteiger partial charge < -0.3 is 10.1 Å². The van der Waals surface area contributed by atoms with Gasteiger partial charge in [-0.2, -0.15) is 0 Å². The minimum atomic E-state index is -3.77. The van der Waals surface area contributed by atoms with E-state index in [9.17, 15) is 13.2 Å². The molecule has 0 bridgehead atoms. The summed E-state index contributed by atoms with van der Waals surface area (Å²) in [5, 5.41) is 3.38. The second kappa shape index (κ2) is 9.64. The van der Waals surface area contributed by atoms with E-state index >= 15 is 0 Å². The monoisotopic (exact) mass is 418 g/mol. The number of amides is 1. The Bertz CT molecular complexity index is 742. The zero-order chi connectivity index (χ0) is 20.9. The van der Waals surface area contributed by atoms with E-state index in [0.29, 0.717) is 17.2 Å². The van der Waals surface area contributed by atoms with Gasteiger partial charge in [0.1, 0.15) is 11.8 Å². The van der Waals surface area contributed by atoms with Gasteiger partial charge in [0.2, 0.25) is 15.9 Å². The van der Waals surface area contributed by atoms with E-state index in [0.717, 1.165) is 10.6 Å². The Morgan fingerprint density at radius 2 is 1.78 bits per heavy atom. The lowest BCUT2D eigenvalue weighted by Crippen LogP contribution is -2.53. The molecule has 1 atom stereocenters. The average Bonchev–Trinajstić information content (AvgIpc) is 2.55. The number of carbonyl (C=O) groups excluding carboxylic acids is 1. The number of benzene rings is 1. The molecule has 1 aromatic rings. The highest BCUT2D eigenvalue weighted by atomic mass is 35.5. The summed E-state index contributed by atoms with van der Waals surface area (Å²) in [6.07, 6.45) is 1.38. The summed E-state index contributed by atoms with van der Waals surface area (Å²) in [5.41, 5.74) is 0.250. The Morgan fingerprint density at radius 3 is 2.19 bits per heavy atom. The van der Waals surface area contributed by atoms with Crippen molar-refractivity contribution in [2.24, 2.45) is 11.8 Å². The Morgan fingerprint density at radius 1 is 1.22 bits per heavy atom. The van der Waals surface area contributed by atoms with E-state index < -0.39 is 16.1 Å². The van der Waals surface area contributed by atoms with Crippen LogP contribution in [-0.4, -0.2) is 39.8 Å². The number of nitrogens with one attached hydrogen (secondary N) is 1. The molecular weight excluding hydrogens is 388 g/mol. The van der Waals surface area contributed by atoms with Crippen LogP contribution < -0.4 is 14.4 Å². The smallest absolute Gasteiger partial charge is 0.244 e. The standard InChI is InChI=1S/C19H31ClN2O4S/c1-8-15(19(23)21-18(12(2)3)13(4)5)22(27(7,24)25)16-11-14(20)9-10-17(16)26-6/h9-13,15,18H,8H2,1-7H3,(H,21,23). The molecule has 1 aromatic carbocycles. The number of halogens is 1. The maximum Gasteiger partial charge on any atom is 0.244 e. The van der Waals surface area contributed by atoms with Crippen molar-refractivity contribution >= 4 is 33.2 Å². The second-order valence-corrected chi connectivity index (χ2v) is 9.62. The van der Waals surface area contributed by atoms with Gasteiger partial charge in [0.25, 0.3) is 0 Å². The molecule has 0 aliphatic rings. The van der Waals surface area contributed by atoms with Crippen LogP contribution in [0.2, 0.25) is 5.02 Å². The number of methoxy groups -OCH3 is 1. The van der Waals surface area contributed by atoms with Crippen molar-refractivity contribution in [3.05, 3.63) is 23.2 Å². The first-order valence-corrected chi connectivity index (χ1v) is 11.3. The Kier molecular flexibility index (Phi) is 8.42. The molecule has 1 amide bonds. The van der Waals surface area contributed by atoms with E-state index in [2.05, 4.69) is 5.32 Å². The molecule has 0 aliphatic carbocycles. The number of sulfonamides is 1. The van der Waals surface area contributed by atoms with Crippen LogP contribution in [0.4, 0.5) is 5.69 Å². The molecule has 6 nitrogen and oxygen atoms in total. The summed E-state index contributed by atoms with van der Waals surface area (Å²) in [5.74, 6) is 0.440. The van der Waals surface area contributed by atoms with Gasteiger partial charge in [-0.15, -0.1) is 0 Å². The molecule has 0 aliphatic heterocycles. The lowest BCUT2D eigenvalue weighted by Gasteiger charge is -2.34. The van der Waals surface area contributed by atoms with Gasteiger partial charge in [-0.05, 0) is 36.5 Å². The van der Waals surface area contributed by atoms with Gasteiger partial charge in [0.05, 0.1) is 19.1 Å². The number of anilines is 1. The first kappa shape index (κ1) is 23.6. The predicted octanol–water partition coefficient (Wildman–Crippen LogP) is 3.69. The lowest BCUT2D eigenvalue weighted by atomic mass is 9.93. The van der Waals surface area contributed by atoms with E-state index in [1.165, 1.54) is 13.2 Å². The normalized spacial score (nSPS) is 13.1. The lowest BCUT2D eigenvalue weighted by molar-refractivity contribution is -0.123. The quantitative estimate of drug-likeness (QED) is 0.663. The number of hydrogen-bond acceptors (Lipinski definition) is 4. The molecule has 27 heavy (non-hydrogen) atoms. The maximum absolute atomic E-state index is 13.0. The minimum absolute atomic E-state index is 0.0609. The zero-order valence-electron chi connectivity index (χ0n) is 17.1. The average molecular weight is 419 g/mol. The van der Waals surface area contributed by atoms with Gasteiger partial charge in [-0.1, -0.05) is 46.2 Å². The molecular formula is C19H31ClN2O4S. The van der Waals surface area contributed by atoms with E-state index in [4.69, 9.17) is 16.3 Å². The van der Waals surface area contributed by atoms with E-state index in [1.807, 2.05) is 27.7 Å². The van der Waals surface area contributed by atoms with Crippen LogP contribution in [0, 0.1) is 11.8 Å². The molecule has 0 aromatic heterocycles. The second-order valence-electron chi connectivity index (χ2n) is 7.32. The van der Waals surface area contributed by atoms with Crippen molar-refractivity contribution < 1.29 is 17.9 Å². The summed E-state index contributed by atoms with van der Waals surface area (Å²) in [6.45, 7) is 9.89. The van der Waals surface area contributed by atoms with Crippen molar-refractivity contribution in [3.63, 3.8) is 0 Å². The number of ether oxygens (including phenoxy) is 1. The summed E-state index contributed by atoms with van der Waals surface area (Å²) >= 11 is 6.09. The van der Waals surface area contributed by atoms with Crippen LogP contribution in [0.1, 0.15) is 41.0 Å². The minimum Gasteiger partial charge on any atom is -0.495 e. The number of rotatable bonds is 9. The van der Waals surface area contributed by atoms with Crippen LogP contribution in [-0.2, 0) is 14.8 Å².